The molecule has 3 aromatic rings. The quantitative estimate of drug-likeness (QED) is 0.689. The van der Waals surface area contributed by atoms with Crippen LogP contribution in [0.15, 0.2) is 46.0 Å². The molecule has 2 aromatic heterocycles. The van der Waals surface area contributed by atoms with Crippen molar-refractivity contribution < 1.29 is 27.2 Å². The number of hydrogen-bond acceptors (Lipinski definition) is 6. The minimum Gasteiger partial charge on any atom is -0.473 e. The fourth-order valence-electron chi connectivity index (χ4n) is 3.18. The lowest BCUT2D eigenvalue weighted by Gasteiger charge is -2.35. The summed E-state index contributed by atoms with van der Waals surface area (Å²) in [7, 11) is 0. The number of aromatic amines is 1. The minimum absolute atomic E-state index is 0.0586. The average Bonchev–Trinajstić information content (AvgIpc) is 3.05. The van der Waals surface area contributed by atoms with Crippen molar-refractivity contribution in [2.24, 2.45) is 0 Å². The van der Waals surface area contributed by atoms with Crippen molar-refractivity contribution in [2.75, 3.05) is 0 Å². The molecule has 0 aliphatic heterocycles. The van der Waals surface area contributed by atoms with Gasteiger partial charge < -0.3 is 14.0 Å². The third-order valence-electron chi connectivity index (χ3n) is 4.68. The molecule has 4 rings (SSSR count). The Morgan fingerprint density at radius 1 is 1.17 bits per heavy atom. The van der Waals surface area contributed by atoms with Crippen LogP contribution in [0.4, 0.5) is 13.2 Å². The van der Waals surface area contributed by atoms with Gasteiger partial charge in [0.2, 0.25) is 5.88 Å². The molecule has 0 saturated heterocycles. The van der Waals surface area contributed by atoms with Crippen molar-refractivity contribution in [3.05, 3.63) is 58.1 Å². The highest BCUT2D eigenvalue weighted by atomic mass is 19.4. The van der Waals surface area contributed by atoms with Gasteiger partial charge in [-0.3, -0.25) is 4.79 Å². The summed E-state index contributed by atoms with van der Waals surface area (Å²) >= 11 is 0. The molecule has 2 heterocycles. The van der Waals surface area contributed by atoms with Gasteiger partial charge in [0, 0.05) is 0 Å². The average molecular weight is 407 g/mol. The standard InChI is InChI=1S/C19H16F3N3O4/c1-10-4-11(2-3-15(10)28-19(20,21)22)12-5-13(6-12)27-18-9-23-14(8-24-18)16-7-17(26)25-29-16/h2-4,7-9,12-13H,5-6H2,1H3,(H,25,26). The zero-order valence-electron chi connectivity index (χ0n) is 15.2. The van der Waals surface area contributed by atoms with Gasteiger partial charge in [0.1, 0.15) is 17.5 Å². The van der Waals surface area contributed by atoms with E-state index < -0.39 is 6.36 Å². The van der Waals surface area contributed by atoms with E-state index in [0.717, 1.165) is 18.4 Å². The summed E-state index contributed by atoms with van der Waals surface area (Å²) in [6.45, 7) is 1.58. The van der Waals surface area contributed by atoms with Crippen molar-refractivity contribution >= 4 is 0 Å². The molecular weight excluding hydrogens is 391 g/mol. The second kappa shape index (κ2) is 7.26. The molecule has 0 unspecified atom stereocenters. The number of alkyl halides is 3. The van der Waals surface area contributed by atoms with E-state index in [9.17, 15) is 18.0 Å². The maximum Gasteiger partial charge on any atom is 0.573 e. The van der Waals surface area contributed by atoms with E-state index in [-0.39, 0.29) is 29.1 Å². The first kappa shape index (κ1) is 19.0. The lowest BCUT2D eigenvalue weighted by atomic mass is 9.77. The van der Waals surface area contributed by atoms with Crippen LogP contribution in [0.1, 0.15) is 29.9 Å². The Hall–Kier alpha value is -3.30. The van der Waals surface area contributed by atoms with Crippen LogP contribution in [-0.4, -0.2) is 27.6 Å². The second-order valence-corrected chi connectivity index (χ2v) is 6.80. The summed E-state index contributed by atoms with van der Waals surface area (Å²) in [4.78, 5) is 19.4. The van der Waals surface area contributed by atoms with Crippen LogP contribution in [0.3, 0.4) is 0 Å². The molecule has 1 aliphatic rings. The number of halogens is 3. The van der Waals surface area contributed by atoms with Crippen LogP contribution in [0.5, 0.6) is 11.6 Å². The van der Waals surface area contributed by atoms with Crippen molar-refractivity contribution in [2.45, 2.75) is 38.1 Å². The summed E-state index contributed by atoms with van der Waals surface area (Å²) in [5, 5.41) is 2.18. The van der Waals surface area contributed by atoms with E-state index >= 15 is 0 Å². The Labute approximate surface area is 162 Å². The lowest BCUT2D eigenvalue weighted by Crippen LogP contribution is -2.32. The molecule has 1 fully saturated rings. The number of benzene rings is 1. The maximum absolute atomic E-state index is 12.4. The molecule has 0 amide bonds. The number of rotatable bonds is 5. The third-order valence-corrected chi connectivity index (χ3v) is 4.68. The number of nitrogens with zero attached hydrogens (tertiary/aromatic N) is 2. The van der Waals surface area contributed by atoms with Gasteiger partial charge in [0.05, 0.1) is 18.5 Å². The Kier molecular flexibility index (Phi) is 4.77. The summed E-state index contributed by atoms with van der Waals surface area (Å²) in [6, 6.07) is 5.97. The highest BCUT2D eigenvalue weighted by molar-refractivity contribution is 5.49. The van der Waals surface area contributed by atoms with E-state index in [1.165, 1.54) is 24.5 Å². The predicted molar refractivity (Wildman–Crippen MR) is 94.6 cm³/mol. The summed E-state index contributed by atoms with van der Waals surface area (Å²) < 4.78 is 51.8. The zero-order chi connectivity index (χ0) is 20.6. The Morgan fingerprint density at radius 2 is 1.97 bits per heavy atom. The topological polar surface area (TPSA) is 90.2 Å². The number of nitrogens with one attached hydrogen (secondary N) is 1. The van der Waals surface area contributed by atoms with Crippen molar-refractivity contribution in [3.63, 3.8) is 0 Å². The van der Waals surface area contributed by atoms with Gasteiger partial charge in [-0.15, -0.1) is 13.2 Å². The molecule has 0 atom stereocenters. The highest BCUT2D eigenvalue weighted by Crippen LogP contribution is 2.40. The van der Waals surface area contributed by atoms with Crippen LogP contribution < -0.4 is 15.0 Å². The van der Waals surface area contributed by atoms with Gasteiger partial charge >= 0.3 is 6.36 Å². The molecule has 1 aromatic carbocycles. The molecule has 7 nitrogen and oxygen atoms in total. The van der Waals surface area contributed by atoms with Crippen LogP contribution >= 0.6 is 0 Å². The van der Waals surface area contributed by atoms with E-state index in [1.54, 1.807) is 19.1 Å². The Morgan fingerprint density at radius 3 is 2.55 bits per heavy atom. The number of aryl methyl sites for hydroxylation is 1. The molecular formula is C19H16F3N3O4. The predicted octanol–water partition coefficient (Wildman–Crippen LogP) is 3.96. The number of aromatic nitrogens is 3. The molecule has 1 N–H and O–H groups in total. The van der Waals surface area contributed by atoms with E-state index in [2.05, 4.69) is 19.9 Å². The maximum atomic E-state index is 12.4. The van der Waals surface area contributed by atoms with Crippen LogP contribution in [-0.2, 0) is 0 Å². The van der Waals surface area contributed by atoms with Gasteiger partial charge in [-0.1, -0.05) is 12.1 Å². The fraction of sp³-hybridized carbons (Fsp3) is 0.316. The molecule has 10 heteroatoms. The normalized spacial score (nSPS) is 18.9. The lowest BCUT2D eigenvalue weighted by molar-refractivity contribution is -0.274. The van der Waals surface area contributed by atoms with Crippen molar-refractivity contribution in [3.8, 4) is 23.1 Å². The number of ether oxygens (including phenoxy) is 2. The Balaban J connectivity index is 1.33. The SMILES string of the molecule is Cc1cc(C2CC(Oc3cnc(-c4cc(=O)[nH]o4)cn3)C2)ccc1OC(F)(F)F. The van der Waals surface area contributed by atoms with Gasteiger partial charge in [-0.05, 0) is 42.9 Å². The first-order valence-electron chi connectivity index (χ1n) is 8.81. The fourth-order valence-corrected chi connectivity index (χ4v) is 3.18. The smallest absolute Gasteiger partial charge is 0.473 e. The zero-order valence-corrected chi connectivity index (χ0v) is 15.2. The highest BCUT2D eigenvalue weighted by Gasteiger charge is 2.34. The number of hydrogen-bond donors (Lipinski definition) is 1. The monoisotopic (exact) mass is 407 g/mol. The molecule has 152 valence electrons. The molecule has 0 spiro atoms. The van der Waals surface area contributed by atoms with E-state index in [4.69, 9.17) is 9.26 Å². The molecule has 0 bridgehead atoms. The number of H-pyrrole nitrogens is 1. The summed E-state index contributed by atoms with van der Waals surface area (Å²) in [5.74, 6) is 0.633. The van der Waals surface area contributed by atoms with Gasteiger partial charge in [0.15, 0.2) is 5.76 Å². The minimum atomic E-state index is -4.70. The largest absolute Gasteiger partial charge is 0.573 e. The van der Waals surface area contributed by atoms with Gasteiger partial charge in [0.25, 0.3) is 5.56 Å². The molecule has 1 aliphatic carbocycles. The van der Waals surface area contributed by atoms with Crippen LogP contribution in [0.2, 0.25) is 0 Å². The van der Waals surface area contributed by atoms with Crippen LogP contribution in [0, 0.1) is 6.92 Å². The summed E-state index contributed by atoms with van der Waals surface area (Å²) in [5.41, 5.74) is 1.41. The van der Waals surface area contributed by atoms with Crippen molar-refractivity contribution in [1.29, 1.82) is 0 Å². The molecule has 0 radical (unpaired) electrons. The first-order valence-corrected chi connectivity index (χ1v) is 8.81. The third kappa shape index (κ3) is 4.41. The second-order valence-electron chi connectivity index (χ2n) is 6.80. The Bertz CT molecular complexity index is 1050. The van der Waals surface area contributed by atoms with Crippen molar-refractivity contribution in [1.82, 2.24) is 15.1 Å². The van der Waals surface area contributed by atoms with Crippen LogP contribution in [0.25, 0.3) is 11.5 Å². The molecule has 1 saturated carbocycles. The first-order chi connectivity index (χ1) is 13.8. The van der Waals surface area contributed by atoms with Gasteiger partial charge in [-0.25, -0.2) is 9.97 Å². The van der Waals surface area contributed by atoms with Gasteiger partial charge in [-0.2, -0.15) is 5.16 Å². The van der Waals surface area contributed by atoms with E-state index in [0.29, 0.717) is 17.1 Å². The van der Waals surface area contributed by atoms with E-state index in [1.807, 2.05) is 0 Å². The molecule has 29 heavy (non-hydrogen) atoms. The summed E-state index contributed by atoms with van der Waals surface area (Å²) in [6.07, 6.45) is -0.435.